The number of rotatable bonds is 9. The second-order valence-electron chi connectivity index (χ2n) is 7.34. The smallest absolute Gasteiger partial charge is 0.227 e. The average molecular weight is 407 g/mol. The predicted molar refractivity (Wildman–Crippen MR) is 111 cm³/mol. The van der Waals surface area contributed by atoms with Crippen molar-refractivity contribution >= 4 is 5.91 Å². The predicted octanol–water partition coefficient (Wildman–Crippen LogP) is 3.88. The summed E-state index contributed by atoms with van der Waals surface area (Å²) in [5, 5.41) is 4.03. The third kappa shape index (κ3) is 4.79. The molecule has 1 aliphatic rings. The third-order valence-electron chi connectivity index (χ3n) is 5.19. The van der Waals surface area contributed by atoms with Gasteiger partial charge in [0.05, 0.1) is 14.2 Å². The summed E-state index contributed by atoms with van der Waals surface area (Å²) in [7, 11) is 3.27. The zero-order valence-electron chi connectivity index (χ0n) is 17.2. The fourth-order valence-corrected chi connectivity index (χ4v) is 3.31. The minimum Gasteiger partial charge on any atom is -0.497 e. The molecule has 0 spiro atoms. The first-order chi connectivity index (χ1) is 14.7. The normalized spacial score (nSPS) is 13.1. The molecule has 0 atom stereocenters. The molecule has 1 fully saturated rings. The molecular formula is C23H25N3O4. The van der Waals surface area contributed by atoms with Gasteiger partial charge in [0.2, 0.25) is 17.6 Å². The lowest BCUT2D eigenvalue weighted by Gasteiger charge is -2.22. The van der Waals surface area contributed by atoms with Gasteiger partial charge >= 0.3 is 0 Å². The lowest BCUT2D eigenvalue weighted by molar-refractivity contribution is -0.132. The summed E-state index contributed by atoms with van der Waals surface area (Å²) >= 11 is 0. The number of aryl methyl sites for hydroxylation is 1. The second kappa shape index (κ2) is 8.98. The summed E-state index contributed by atoms with van der Waals surface area (Å²) in [5.41, 5.74) is 1.94. The van der Waals surface area contributed by atoms with Gasteiger partial charge in [-0.15, -0.1) is 0 Å². The van der Waals surface area contributed by atoms with Crippen molar-refractivity contribution in [1.82, 2.24) is 15.0 Å². The number of carbonyl (C=O) groups is 1. The van der Waals surface area contributed by atoms with E-state index < -0.39 is 0 Å². The Labute approximate surface area is 175 Å². The van der Waals surface area contributed by atoms with Crippen LogP contribution in [0.2, 0.25) is 0 Å². The first kappa shape index (κ1) is 19.9. The number of amides is 1. The standard InChI is InChI=1S/C23H25N3O4/c1-28-19-9-3-16(4-10-19)15-26(18-7-8-18)22(27)14-13-21-24-23(25-30-21)17-5-11-20(29-2)12-6-17/h3-6,9-12,18H,7-8,13-15H2,1-2H3. The van der Waals surface area contributed by atoms with Gasteiger partial charge in [-0.2, -0.15) is 4.98 Å². The minimum atomic E-state index is 0.109. The minimum absolute atomic E-state index is 0.109. The van der Waals surface area contributed by atoms with Crippen molar-refractivity contribution in [1.29, 1.82) is 0 Å². The van der Waals surface area contributed by atoms with Crippen molar-refractivity contribution in [2.75, 3.05) is 14.2 Å². The van der Waals surface area contributed by atoms with Crippen molar-refractivity contribution in [3.8, 4) is 22.9 Å². The Morgan fingerprint density at radius 2 is 1.67 bits per heavy atom. The molecule has 1 amide bonds. The van der Waals surface area contributed by atoms with Crippen LogP contribution < -0.4 is 9.47 Å². The van der Waals surface area contributed by atoms with E-state index in [-0.39, 0.29) is 5.91 Å². The van der Waals surface area contributed by atoms with Crippen LogP contribution in [0.1, 0.15) is 30.7 Å². The molecule has 0 saturated heterocycles. The Morgan fingerprint density at radius 3 is 2.27 bits per heavy atom. The largest absolute Gasteiger partial charge is 0.497 e. The van der Waals surface area contributed by atoms with Crippen molar-refractivity contribution < 1.29 is 18.8 Å². The highest BCUT2D eigenvalue weighted by Crippen LogP contribution is 2.29. The average Bonchev–Trinajstić information content (AvgIpc) is 3.53. The fourth-order valence-electron chi connectivity index (χ4n) is 3.31. The monoisotopic (exact) mass is 407 g/mol. The molecule has 4 rings (SSSR count). The van der Waals surface area contributed by atoms with E-state index >= 15 is 0 Å². The van der Waals surface area contributed by atoms with Gasteiger partial charge in [-0.1, -0.05) is 17.3 Å². The molecule has 7 heteroatoms. The first-order valence-electron chi connectivity index (χ1n) is 10.1. The molecule has 2 aromatic carbocycles. The number of ether oxygens (including phenoxy) is 2. The number of benzene rings is 2. The van der Waals surface area contributed by atoms with Crippen LogP contribution in [0.15, 0.2) is 53.1 Å². The van der Waals surface area contributed by atoms with E-state index in [4.69, 9.17) is 14.0 Å². The highest BCUT2D eigenvalue weighted by atomic mass is 16.5. The van der Waals surface area contributed by atoms with E-state index in [9.17, 15) is 4.79 Å². The lowest BCUT2D eigenvalue weighted by Crippen LogP contribution is -2.32. The Morgan fingerprint density at radius 1 is 1.03 bits per heavy atom. The second-order valence-corrected chi connectivity index (χ2v) is 7.34. The quantitative estimate of drug-likeness (QED) is 0.536. The van der Waals surface area contributed by atoms with Gasteiger partial charge in [0, 0.05) is 31.0 Å². The van der Waals surface area contributed by atoms with Crippen LogP contribution in [0.5, 0.6) is 11.5 Å². The number of aromatic nitrogens is 2. The van der Waals surface area contributed by atoms with Crippen molar-refractivity contribution in [2.24, 2.45) is 0 Å². The van der Waals surface area contributed by atoms with E-state index in [0.29, 0.717) is 37.1 Å². The molecule has 30 heavy (non-hydrogen) atoms. The molecule has 0 aliphatic heterocycles. The molecule has 1 aliphatic carbocycles. The van der Waals surface area contributed by atoms with E-state index in [1.165, 1.54) is 0 Å². The maximum absolute atomic E-state index is 12.9. The fraction of sp³-hybridized carbons (Fsp3) is 0.348. The number of hydrogen-bond acceptors (Lipinski definition) is 6. The number of nitrogens with zero attached hydrogens (tertiary/aromatic N) is 3. The molecule has 1 aromatic heterocycles. The Kier molecular flexibility index (Phi) is 5.97. The zero-order chi connectivity index (χ0) is 20.9. The van der Waals surface area contributed by atoms with E-state index in [1.807, 2.05) is 53.4 Å². The number of carbonyl (C=O) groups excluding carboxylic acids is 1. The highest BCUT2D eigenvalue weighted by molar-refractivity contribution is 5.77. The topological polar surface area (TPSA) is 77.7 Å². The van der Waals surface area contributed by atoms with Gasteiger partial charge < -0.3 is 18.9 Å². The van der Waals surface area contributed by atoms with Crippen LogP contribution in [0.4, 0.5) is 0 Å². The van der Waals surface area contributed by atoms with Gasteiger partial charge in [0.15, 0.2) is 0 Å². The number of methoxy groups -OCH3 is 2. The Bertz CT molecular complexity index is 978. The van der Waals surface area contributed by atoms with Gasteiger partial charge in [0.1, 0.15) is 11.5 Å². The van der Waals surface area contributed by atoms with Gasteiger partial charge in [0.25, 0.3) is 0 Å². The molecule has 156 valence electrons. The summed E-state index contributed by atoms with van der Waals surface area (Å²) in [6.45, 7) is 0.606. The zero-order valence-corrected chi connectivity index (χ0v) is 17.2. The summed E-state index contributed by atoms with van der Waals surface area (Å²) < 4.78 is 15.7. The summed E-state index contributed by atoms with van der Waals surface area (Å²) in [6, 6.07) is 15.6. The number of hydrogen-bond donors (Lipinski definition) is 0. The Hall–Kier alpha value is -3.35. The molecular weight excluding hydrogens is 382 g/mol. The van der Waals surface area contributed by atoms with Gasteiger partial charge in [-0.05, 0) is 54.8 Å². The molecule has 0 bridgehead atoms. The van der Waals surface area contributed by atoms with Crippen molar-refractivity contribution in [2.45, 2.75) is 38.3 Å². The SMILES string of the molecule is COc1ccc(CN(C(=O)CCc2nc(-c3ccc(OC)cc3)no2)C2CC2)cc1. The van der Waals surface area contributed by atoms with Crippen molar-refractivity contribution in [3.63, 3.8) is 0 Å². The molecule has 1 saturated carbocycles. The summed E-state index contributed by atoms with van der Waals surface area (Å²) in [4.78, 5) is 19.3. The van der Waals surface area contributed by atoms with Crippen LogP contribution in [0.3, 0.4) is 0 Å². The highest BCUT2D eigenvalue weighted by Gasteiger charge is 2.32. The van der Waals surface area contributed by atoms with E-state index in [2.05, 4.69) is 10.1 Å². The molecule has 1 heterocycles. The van der Waals surface area contributed by atoms with E-state index in [1.54, 1.807) is 14.2 Å². The van der Waals surface area contributed by atoms with Crippen LogP contribution in [-0.2, 0) is 17.8 Å². The summed E-state index contributed by atoms with van der Waals surface area (Å²) in [5.74, 6) is 2.67. The van der Waals surface area contributed by atoms with Crippen LogP contribution in [-0.4, -0.2) is 41.2 Å². The molecule has 0 N–H and O–H groups in total. The van der Waals surface area contributed by atoms with Crippen LogP contribution >= 0.6 is 0 Å². The molecule has 7 nitrogen and oxygen atoms in total. The first-order valence-corrected chi connectivity index (χ1v) is 10.1. The van der Waals surface area contributed by atoms with E-state index in [0.717, 1.165) is 35.5 Å². The van der Waals surface area contributed by atoms with Gasteiger partial charge in [-0.25, -0.2) is 0 Å². The molecule has 0 radical (unpaired) electrons. The third-order valence-corrected chi connectivity index (χ3v) is 5.19. The summed E-state index contributed by atoms with van der Waals surface area (Å²) in [6.07, 6.45) is 2.89. The molecule has 0 unspecified atom stereocenters. The molecule has 3 aromatic rings. The lowest BCUT2D eigenvalue weighted by atomic mass is 10.2. The van der Waals surface area contributed by atoms with Crippen LogP contribution in [0.25, 0.3) is 11.4 Å². The maximum Gasteiger partial charge on any atom is 0.227 e. The van der Waals surface area contributed by atoms with Crippen LogP contribution in [0, 0.1) is 0 Å². The Balaban J connectivity index is 1.36. The van der Waals surface area contributed by atoms with Gasteiger partial charge in [-0.3, -0.25) is 4.79 Å². The van der Waals surface area contributed by atoms with Crippen molar-refractivity contribution in [3.05, 3.63) is 60.0 Å². The maximum atomic E-state index is 12.9.